The fourth-order valence-corrected chi connectivity index (χ4v) is 4.29. The second kappa shape index (κ2) is 9.38. The number of carbonyl (C=O) groups is 1. The van der Waals surface area contributed by atoms with Crippen LogP contribution in [0, 0.1) is 0 Å². The lowest BCUT2D eigenvalue weighted by Crippen LogP contribution is -2.62. The lowest BCUT2D eigenvalue weighted by molar-refractivity contribution is -0.338. The van der Waals surface area contributed by atoms with Crippen LogP contribution in [0.1, 0.15) is 28.4 Å². The first kappa shape index (κ1) is 26.5. The summed E-state index contributed by atoms with van der Waals surface area (Å²) in [5.74, 6) is -1.13. The summed E-state index contributed by atoms with van der Waals surface area (Å²) in [7, 11) is 0. The predicted molar refractivity (Wildman–Crippen MR) is 125 cm³/mol. The Morgan fingerprint density at radius 1 is 0.892 bits per heavy atom. The third kappa shape index (κ3) is 4.76. The molecule has 0 amide bonds. The van der Waals surface area contributed by atoms with E-state index in [1.54, 1.807) is 18.2 Å². The highest BCUT2D eigenvalue weighted by atomic mass is 35.5. The number of anilines is 1. The van der Waals surface area contributed by atoms with Gasteiger partial charge in [0.15, 0.2) is 0 Å². The van der Waals surface area contributed by atoms with Gasteiger partial charge in [0.05, 0.1) is 28.0 Å². The Balaban J connectivity index is 1.77. The Morgan fingerprint density at radius 3 is 2.08 bits per heavy atom. The fourth-order valence-electron chi connectivity index (χ4n) is 4.07. The largest absolute Gasteiger partial charge is 0.478 e. The number of alkyl halides is 6. The van der Waals surface area contributed by atoms with Gasteiger partial charge >= 0.3 is 18.3 Å². The van der Waals surface area contributed by atoms with Crippen LogP contribution >= 0.6 is 11.6 Å². The SMILES string of the molecule is O=C(O)c1cccc(-c2ccc(C3CC(C(O)(C(F)(F)F)C(F)(F)F)=NN3c3ccccc3Cl)cc2)c1. The van der Waals surface area contributed by atoms with Gasteiger partial charge < -0.3 is 10.2 Å². The van der Waals surface area contributed by atoms with Crippen molar-refractivity contribution in [1.82, 2.24) is 0 Å². The smallest absolute Gasteiger partial charge is 0.431 e. The number of benzene rings is 3. The third-order valence-corrected chi connectivity index (χ3v) is 6.31. The topological polar surface area (TPSA) is 73.1 Å². The number of carboxylic acid groups (broad SMARTS) is 1. The molecule has 0 aliphatic carbocycles. The van der Waals surface area contributed by atoms with Gasteiger partial charge in [-0.2, -0.15) is 31.4 Å². The number of halogens is 7. The van der Waals surface area contributed by atoms with E-state index < -0.39 is 42.1 Å². The van der Waals surface area contributed by atoms with Crippen molar-refractivity contribution >= 4 is 29.0 Å². The van der Waals surface area contributed by atoms with Crippen molar-refractivity contribution in [3.8, 4) is 11.1 Å². The predicted octanol–water partition coefficient (Wildman–Crippen LogP) is 6.87. The molecule has 3 aromatic rings. The van der Waals surface area contributed by atoms with Crippen LogP contribution in [0.25, 0.3) is 11.1 Å². The van der Waals surface area contributed by atoms with Gasteiger partial charge in [0.25, 0.3) is 5.60 Å². The molecule has 4 rings (SSSR count). The van der Waals surface area contributed by atoms with Crippen molar-refractivity contribution in [1.29, 1.82) is 0 Å². The maximum atomic E-state index is 13.6. The summed E-state index contributed by atoms with van der Waals surface area (Å²) in [6.45, 7) is 0. The highest BCUT2D eigenvalue weighted by molar-refractivity contribution is 6.33. The minimum absolute atomic E-state index is 0.0298. The summed E-state index contributed by atoms with van der Waals surface area (Å²) < 4.78 is 81.5. The maximum absolute atomic E-state index is 13.6. The monoisotopic (exact) mass is 542 g/mol. The molecule has 0 bridgehead atoms. The molecule has 0 saturated carbocycles. The minimum Gasteiger partial charge on any atom is -0.478 e. The van der Waals surface area contributed by atoms with Gasteiger partial charge in [-0.25, -0.2) is 4.79 Å². The van der Waals surface area contributed by atoms with Crippen LogP contribution in [0.15, 0.2) is 77.9 Å². The summed E-state index contributed by atoms with van der Waals surface area (Å²) in [6.07, 6.45) is -13.1. The average molecular weight is 543 g/mol. The number of nitrogens with zero attached hydrogens (tertiary/aromatic N) is 2. The minimum atomic E-state index is -6.08. The number of hydrazone groups is 1. The number of carboxylic acids is 1. The Bertz CT molecular complexity index is 1340. The molecular weight excluding hydrogens is 526 g/mol. The molecular formula is C25H17ClF6N2O3. The number of hydrogen-bond donors (Lipinski definition) is 2. The molecule has 1 heterocycles. The first-order valence-electron chi connectivity index (χ1n) is 10.7. The van der Waals surface area contributed by atoms with Gasteiger partial charge in [-0.15, -0.1) is 0 Å². The summed E-state index contributed by atoms with van der Waals surface area (Å²) in [4.78, 5) is 11.3. The molecule has 0 fully saturated rings. The Labute approximate surface area is 211 Å². The number of para-hydroxylation sites is 1. The van der Waals surface area contributed by atoms with Gasteiger partial charge in [-0.05, 0) is 41.0 Å². The number of hydrogen-bond acceptors (Lipinski definition) is 4. The number of rotatable bonds is 5. The summed E-state index contributed by atoms with van der Waals surface area (Å²) in [6, 6.07) is 16.7. The van der Waals surface area contributed by atoms with Crippen LogP contribution in [-0.2, 0) is 0 Å². The van der Waals surface area contributed by atoms with Crippen molar-refractivity contribution in [2.75, 3.05) is 5.01 Å². The van der Waals surface area contributed by atoms with E-state index in [0.29, 0.717) is 16.7 Å². The highest BCUT2D eigenvalue weighted by Gasteiger charge is 2.74. The molecule has 1 aliphatic heterocycles. The Morgan fingerprint density at radius 2 is 1.51 bits per heavy atom. The zero-order chi connectivity index (χ0) is 27.2. The second-order valence-corrected chi connectivity index (χ2v) is 8.68. The van der Waals surface area contributed by atoms with E-state index in [9.17, 15) is 41.4 Å². The van der Waals surface area contributed by atoms with Crippen LogP contribution < -0.4 is 5.01 Å². The van der Waals surface area contributed by atoms with E-state index >= 15 is 0 Å². The van der Waals surface area contributed by atoms with E-state index in [4.69, 9.17) is 11.6 Å². The first-order chi connectivity index (χ1) is 17.2. The Hall–Kier alpha value is -3.57. The van der Waals surface area contributed by atoms with E-state index in [-0.39, 0.29) is 16.3 Å². The van der Waals surface area contributed by atoms with Crippen molar-refractivity contribution in [3.05, 3.63) is 88.9 Å². The lowest BCUT2D eigenvalue weighted by atomic mass is 9.89. The summed E-state index contributed by atoms with van der Waals surface area (Å²) >= 11 is 6.18. The zero-order valence-electron chi connectivity index (χ0n) is 18.6. The van der Waals surface area contributed by atoms with Crippen molar-refractivity contribution in [2.45, 2.75) is 30.4 Å². The Kier molecular flexibility index (Phi) is 6.72. The van der Waals surface area contributed by atoms with Crippen LogP contribution in [0.5, 0.6) is 0 Å². The number of aliphatic hydroxyl groups is 1. The normalized spacial score (nSPS) is 16.6. The molecule has 1 unspecified atom stereocenters. The van der Waals surface area contributed by atoms with Crippen LogP contribution in [0.2, 0.25) is 5.02 Å². The van der Waals surface area contributed by atoms with Gasteiger partial charge in [0.1, 0.15) is 0 Å². The summed E-state index contributed by atoms with van der Waals surface area (Å²) in [5, 5.41) is 23.7. The van der Waals surface area contributed by atoms with Gasteiger partial charge in [-0.3, -0.25) is 5.01 Å². The van der Waals surface area contributed by atoms with Gasteiger partial charge in [-0.1, -0.05) is 60.1 Å². The molecule has 194 valence electrons. The van der Waals surface area contributed by atoms with Crippen LogP contribution in [0.4, 0.5) is 32.0 Å². The van der Waals surface area contributed by atoms with Crippen molar-refractivity contribution in [3.63, 3.8) is 0 Å². The molecule has 0 spiro atoms. The number of aromatic carboxylic acids is 1. The quantitative estimate of drug-likeness (QED) is 0.345. The molecule has 37 heavy (non-hydrogen) atoms. The van der Waals surface area contributed by atoms with Gasteiger partial charge in [0.2, 0.25) is 0 Å². The molecule has 3 aromatic carbocycles. The van der Waals surface area contributed by atoms with E-state index in [1.165, 1.54) is 54.6 Å². The van der Waals surface area contributed by atoms with E-state index in [0.717, 1.165) is 5.01 Å². The standard InChI is InChI=1S/C25H17ClF6N2O3/c26-18-6-1-2-7-19(18)34-20(13-21(33-34)23(37,24(27,28)29)25(30,31)32)15-10-8-14(9-11-15)16-4-3-5-17(12-16)22(35)36/h1-12,20,37H,13H2,(H,35,36). The van der Waals surface area contributed by atoms with Crippen molar-refractivity contribution in [2.24, 2.45) is 5.10 Å². The van der Waals surface area contributed by atoms with Gasteiger partial charge in [0, 0.05) is 6.42 Å². The fraction of sp³-hybridized carbons (Fsp3) is 0.200. The molecule has 0 saturated heterocycles. The molecule has 2 N–H and O–H groups in total. The van der Waals surface area contributed by atoms with E-state index in [1.807, 2.05) is 0 Å². The molecule has 0 radical (unpaired) electrons. The van der Waals surface area contributed by atoms with Crippen LogP contribution in [0.3, 0.4) is 0 Å². The molecule has 0 aromatic heterocycles. The molecule has 1 aliphatic rings. The molecule has 5 nitrogen and oxygen atoms in total. The van der Waals surface area contributed by atoms with Crippen LogP contribution in [-0.4, -0.2) is 39.8 Å². The zero-order valence-corrected chi connectivity index (χ0v) is 19.3. The lowest BCUT2D eigenvalue weighted by Gasteiger charge is -2.32. The highest BCUT2D eigenvalue weighted by Crippen LogP contribution is 2.49. The van der Waals surface area contributed by atoms with Crippen molar-refractivity contribution < 1.29 is 41.4 Å². The summed E-state index contributed by atoms with van der Waals surface area (Å²) in [5.41, 5.74) is -5.18. The first-order valence-corrected chi connectivity index (χ1v) is 11.0. The molecule has 1 atom stereocenters. The van der Waals surface area contributed by atoms with E-state index in [2.05, 4.69) is 5.10 Å². The second-order valence-electron chi connectivity index (χ2n) is 8.28. The average Bonchev–Trinajstić information content (AvgIpc) is 3.28. The third-order valence-electron chi connectivity index (χ3n) is 5.99. The molecule has 12 heteroatoms. The maximum Gasteiger partial charge on any atom is 0.431 e.